The first kappa shape index (κ1) is 50.1. The van der Waals surface area contributed by atoms with E-state index in [9.17, 15) is 0 Å². The summed E-state index contributed by atoms with van der Waals surface area (Å²) in [6.45, 7) is 0. The normalized spacial score (nSPS) is 11.6. The molecular formula is C70H43F3N10. The van der Waals surface area contributed by atoms with Gasteiger partial charge in [0, 0.05) is 66.5 Å². The van der Waals surface area contributed by atoms with Crippen LogP contribution in [0.5, 0.6) is 0 Å². The second-order valence-electron chi connectivity index (χ2n) is 19.7. The van der Waals surface area contributed by atoms with Crippen LogP contribution in [0.25, 0.3) is 141 Å². The minimum Gasteiger partial charge on any atom is -0.309 e. The van der Waals surface area contributed by atoms with E-state index >= 15 is 13.2 Å². The van der Waals surface area contributed by atoms with E-state index in [1.807, 2.05) is 212 Å². The summed E-state index contributed by atoms with van der Waals surface area (Å²) in [7, 11) is 0. The summed E-state index contributed by atoms with van der Waals surface area (Å²) in [6.07, 6.45) is -4.71. The zero-order valence-electron chi connectivity index (χ0n) is 43.9. The predicted molar refractivity (Wildman–Crippen MR) is 320 cm³/mol. The fourth-order valence-corrected chi connectivity index (χ4v) is 10.4. The Bertz CT molecular complexity index is 4340. The van der Waals surface area contributed by atoms with E-state index in [4.69, 9.17) is 44.9 Å². The molecule has 10 aromatic carbocycles. The number of rotatable bonds is 11. The smallest absolute Gasteiger partial charge is 0.309 e. The van der Waals surface area contributed by atoms with Gasteiger partial charge in [-0.25, -0.2) is 44.9 Å². The fraction of sp³-hybridized carbons (Fsp3) is 0.0143. The summed E-state index contributed by atoms with van der Waals surface area (Å²) in [4.78, 5) is 45.2. The molecule has 0 saturated carbocycles. The van der Waals surface area contributed by atoms with Crippen molar-refractivity contribution >= 4 is 21.8 Å². The van der Waals surface area contributed by atoms with Crippen LogP contribution in [-0.4, -0.2) is 49.4 Å². The average Bonchev–Trinajstić information content (AvgIpc) is 3.61. The molecule has 0 saturated heterocycles. The fourth-order valence-electron chi connectivity index (χ4n) is 10.4. The lowest BCUT2D eigenvalue weighted by Gasteiger charge is -2.18. The van der Waals surface area contributed by atoms with Crippen molar-refractivity contribution < 1.29 is 13.2 Å². The summed E-state index contributed by atoms with van der Waals surface area (Å²) in [5.74, 6) is 3.89. The Morgan fingerprint density at radius 3 is 0.880 bits per heavy atom. The molecule has 0 radical (unpaired) electrons. The molecule has 0 bridgehead atoms. The van der Waals surface area contributed by atoms with E-state index in [-0.39, 0.29) is 17.0 Å². The molecule has 394 valence electrons. The van der Waals surface area contributed by atoms with Gasteiger partial charge in [0.2, 0.25) is 0 Å². The molecular weight excluding hydrogens is 1040 g/mol. The highest BCUT2D eigenvalue weighted by atomic mass is 19.4. The molecule has 0 aliphatic carbocycles. The molecule has 0 aliphatic heterocycles. The average molecular weight is 1080 g/mol. The lowest BCUT2D eigenvalue weighted by atomic mass is 9.93. The van der Waals surface area contributed by atoms with Gasteiger partial charge in [-0.2, -0.15) is 13.2 Å². The molecule has 4 heterocycles. The summed E-state index contributed by atoms with van der Waals surface area (Å²) >= 11 is 0. The van der Waals surface area contributed by atoms with Gasteiger partial charge in [0.1, 0.15) is 0 Å². The van der Waals surface area contributed by atoms with Gasteiger partial charge in [0.25, 0.3) is 0 Å². The van der Waals surface area contributed by atoms with Crippen LogP contribution < -0.4 is 0 Å². The minimum atomic E-state index is -4.71. The van der Waals surface area contributed by atoms with Gasteiger partial charge >= 0.3 is 6.18 Å². The molecule has 4 aromatic heterocycles. The first-order chi connectivity index (χ1) is 40.8. The maximum Gasteiger partial charge on any atom is 0.417 e. The molecule has 0 atom stereocenters. The monoisotopic (exact) mass is 1080 g/mol. The number of benzene rings is 10. The van der Waals surface area contributed by atoms with Crippen molar-refractivity contribution in [3.8, 4) is 119 Å². The largest absolute Gasteiger partial charge is 0.417 e. The molecule has 83 heavy (non-hydrogen) atoms. The van der Waals surface area contributed by atoms with Gasteiger partial charge < -0.3 is 4.57 Å². The van der Waals surface area contributed by atoms with Crippen LogP contribution in [0.3, 0.4) is 0 Å². The lowest BCUT2D eigenvalue weighted by molar-refractivity contribution is -0.137. The molecule has 10 nitrogen and oxygen atoms in total. The zero-order valence-corrected chi connectivity index (χ0v) is 43.9. The predicted octanol–water partition coefficient (Wildman–Crippen LogP) is 17.0. The van der Waals surface area contributed by atoms with Gasteiger partial charge in [-0.3, -0.25) is 0 Å². The Labute approximate surface area is 474 Å². The van der Waals surface area contributed by atoms with Crippen molar-refractivity contribution in [2.24, 2.45) is 0 Å². The highest BCUT2D eigenvalue weighted by Gasteiger charge is 2.34. The topological polar surface area (TPSA) is 121 Å². The Morgan fingerprint density at radius 1 is 0.241 bits per heavy atom. The minimum absolute atomic E-state index is 0.0401. The molecule has 14 rings (SSSR count). The maximum absolute atomic E-state index is 15.4. The molecule has 0 amide bonds. The summed E-state index contributed by atoms with van der Waals surface area (Å²) < 4.78 is 48.3. The molecule has 14 aromatic rings. The second kappa shape index (κ2) is 21.1. The van der Waals surface area contributed by atoms with Crippen LogP contribution in [0.2, 0.25) is 0 Å². The molecule has 0 N–H and O–H groups in total. The highest BCUT2D eigenvalue weighted by molar-refractivity contribution is 6.11. The SMILES string of the molecule is FC(F)(F)c1ccccc1-c1cc(-n2c3ccc(-c4nc(-c5ccccc5)nc(-c5ccccc5)n4)cc3c3cc(-c4nc(-c5ccccc5)nc(-c5ccccc5)n4)ccc32)ccc1-c1nc(-c2ccccc2)nc(-c2ccccc2)n1. The van der Waals surface area contributed by atoms with E-state index in [0.717, 1.165) is 61.3 Å². The lowest BCUT2D eigenvalue weighted by Crippen LogP contribution is -2.08. The molecule has 13 heteroatoms. The standard InChI is InChI=1S/C70H43F3N10/c71-70(72,73)58-34-20-19-33-53(58)55-43-52(37-38-54(55)69-81-65(48-29-15-5-16-30-48)76-66(82-69)49-31-17-6-18-32-49)83-59-39-35-50(67-77-61(44-21-7-1-8-22-44)74-62(78-67)45-23-9-2-10-24-45)41-56(59)57-42-51(36-40-60(57)83)68-79-63(46-25-11-3-12-26-46)75-64(80-68)47-27-13-4-14-28-47/h1-43H. The number of fused-ring (bicyclic) bond motifs is 3. The summed E-state index contributed by atoms with van der Waals surface area (Å²) in [5.41, 5.74) is 8.08. The Kier molecular flexibility index (Phi) is 12.7. The van der Waals surface area contributed by atoms with Crippen LogP contribution in [0.4, 0.5) is 13.2 Å². The van der Waals surface area contributed by atoms with Gasteiger partial charge in [-0.1, -0.05) is 200 Å². The van der Waals surface area contributed by atoms with E-state index < -0.39 is 11.7 Å². The second-order valence-corrected chi connectivity index (χ2v) is 19.7. The third-order valence-corrected chi connectivity index (χ3v) is 14.4. The van der Waals surface area contributed by atoms with Crippen molar-refractivity contribution in [2.75, 3.05) is 0 Å². The Hall–Kier alpha value is -11.2. The van der Waals surface area contributed by atoms with E-state index in [1.165, 1.54) is 12.1 Å². The van der Waals surface area contributed by atoms with Crippen molar-refractivity contribution in [1.29, 1.82) is 0 Å². The number of nitrogens with zero attached hydrogens (tertiary/aromatic N) is 10. The molecule has 0 unspecified atom stereocenters. The van der Waals surface area contributed by atoms with Gasteiger partial charge in [-0.05, 0) is 71.8 Å². The number of halogens is 3. The van der Waals surface area contributed by atoms with Crippen molar-refractivity contribution in [2.45, 2.75) is 6.18 Å². The first-order valence-corrected chi connectivity index (χ1v) is 26.8. The van der Waals surface area contributed by atoms with Crippen molar-refractivity contribution in [3.05, 3.63) is 266 Å². The molecule has 0 aliphatic rings. The summed E-state index contributed by atoms with van der Waals surface area (Å²) in [5, 5.41) is 1.61. The van der Waals surface area contributed by atoms with Crippen LogP contribution in [-0.2, 0) is 6.18 Å². The van der Waals surface area contributed by atoms with Crippen LogP contribution in [0.15, 0.2) is 261 Å². The van der Waals surface area contributed by atoms with Crippen molar-refractivity contribution in [1.82, 2.24) is 49.4 Å². The number of hydrogen-bond donors (Lipinski definition) is 0. The quantitative estimate of drug-likeness (QED) is 0.125. The third kappa shape index (κ3) is 9.82. The Morgan fingerprint density at radius 2 is 0.542 bits per heavy atom. The Balaban J connectivity index is 1.02. The maximum atomic E-state index is 15.4. The van der Waals surface area contributed by atoms with Gasteiger partial charge in [-0.15, -0.1) is 0 Å². The highest BCUT2D eigenvalue weighted by Crippen LogP contribution is 2.44. The summed E-state index contributed by atoms with van der Waals surface area (Å²) in [6, 6.07) is 81.3. The number of alkyl halides is 3. The van der Waals surface area contributed by atoms with Crippen LogP contribution in [0, 0.1) is 0 Å². The number of hydrogen-bond acceptors (Lipinski definition) is 9. The zero-order chi connectivity index (χ0) is 55.9. The van der Waals surface area contributed by atoms with Crippen LogP contribution in [0.1, 0.15) is 5.56 Å². The van der Waals surface area contributed by atoms with E-state index in [0.29, 0.717) is 69.0 Å². The molecule has 0 fully saturated rings. The van der Waals surface area contributed by atoms with E-state index in [2.05, 4.69) is 16.7 Å². The number of aromatic nitrogens is 10. The first-order valence-electron chi connectivity index (χ1n) is 26.8. The third-order valence-electron chi connectivity index (χ3n) is 14.4. The van der Waals surface area contributed by atoms with E-state index in [1.54, 1.807) is 18.2 Å². The van der Waals surface area contributed by atoms with Gasteiger partial charge in [0.05, 0.1) is 16.6 Å². The molecule has 0 spiro atoms. The van der Waals surface area contributed by atoms with Gasteiger partial charge in [0.15, 0.2) is 52.4 Å². The van der Waals surface area contributed by atoms with Crippen LogP contribution >= 0.6 is 0 Å². The van der Waals surface area contributed by atoms with Crippen molar-refractivity contribution in [3.63, 3.8) is 0 Å².